The molecular weight excluding hydrogens is 338 g/mol. The zero-order valence-electron chi connectivity index (χ0n) is 14.8. The molecule has 2 aromatic carbocycles. The molecule has 0 spiro atoms. The number of ether oxygens (including phenoxy) is 2. The number of benzene rings is 2. The van der Waals surface area contributed by atoms with Crippen molar-refractivity contribution < 1.29 is 14.3 Å². The van der Waals surface area contributed by atoms with Gasteiger partial charge in [0.25, 0.3) is 5.91 Å². The number of nitrogens with one attached hydrogen (secondary N) is 1. The van der Waals surface area contributed by atoms with Gasteiger partial charge in [0.1, 0.15) is 18.1 Å². The molecule has 1 amide bonds. The van der Waals surface area contributed by atoms with Gasteiger partial charge < -0.3 is 14.8 Å². The molecule has 0 aliphatic heterocycles. The SMILES string of the molecule is CCOc1ccc(C(=O)NC(C)CC)cc1COc1cccc(Cl)c1. The lowest BCUT2D eigenvalue weighted by Crippen LogP contribution is -2.32. The maximum Gasteiger partial charge on any atom is 0.251 e. The number of amides is 1. The van der Waals surface area contributed by atoms with Crippen LogP contribution in [0.3, 0.4) is 0 Å². The standard InChI is InChI=1S/C20H24ClNO3/c1-4-14(3)22-20(23)15-9-10-19(24-5-2)16(11-15)13-25-18-8-6-7-17(21)12-18/h6-12,14H,4-5,13H2,1-3H3,(H,22,23). The lowest BCUT2D eigenvalue weighted by molar-refractivity contribution is 0.0939. The zero-order chi connectivity index (χ0) is 18.2. The van der Waals surface area contributed by atoms with Gasteiger partial charge in [0.05, 0.1) is 6.61 Å². The molecule has 0 aliphatic carbocycles. The molecule has 0 aromatic heterocycles. The molecule has 5 heteroatoms. The molecule has 4 nitrogen and oxygen atoms in total. The second-order valence-corrected chi connectivity index (χ2v) is 6.22. The van der Waals surface area contributed by atoms with Crippen molar-refractivity contribution in [2.75, 3.05) is 6.61 Å². The van der Waals surface area contributed by atoms with Crippen LogP contribution in [0.4, 0.5) is 0 Å². The predicted molar refractivity (Wildman–Crippen MR) is 101 cm³/mol. The van der Waals surface area contributed by atoms with Crippen LogP contribution < -0.4 is 14.8 Å². The topological polar surface area (TPSA) is 47.6 Å². The summed E-state index contributed by atoms with van der Waals surface area (Å²) in [5.74, 6) is 1.29. The van der Waals surface area contributed by atoms with E-state index in [0.29, 0.717) is 35.3 Å². The average Bonchev–Trinajstić information content (AvgIpc) is 2.61. The van der Waals surface area contributed by atoms with E-state index < -0.39 is 0 Å². The Morgan fingerprint density at radius 2 is 1.96 bits per heavy atom. The van der Waals surface area contributed by atoms with Gasteiger partial charge in [0.15, 0.2) is 0 Å². The second-order valence-electron chi connectivity index (χ2n) is 5.78. The first-order valence-electron chi connectivity index (χ1n) is 8.48. The van der Waals surface area contributed by atoms with Crippen molar-refractivity contribution in [3.05, 3.63) is 58.6 Å². The highest BCUT2D eigenvalue weighted by Gasteiger charge is 2.13. The van der Waals surface area contributed by atoms with Gasteiger partial charge in [0, 0.05) is 22.2 Å². The third-order valence-electron chi connectivity index (χ3n) is 3.80. The van der Waals surface area contributed by atoms with Gasteiger partial charge in [-0.05, 0) is 56.7 Å². The molecule has 1 unspecified atom stereocenters. The van der Waals surface area contributed by atoms with Crippen molar-refractivity contribution >= 4 is 17.5 Å². The molecule has 0 radical (unpaired) electrons. The molecule has 1 N–H and O–H groups in total. The average molecular weight is 362 g/mol. The molecule has 0 fully saturated rings. The Morgan fingerprint density at radius 1 is 1.16 bits per heavy atom. The van der Waals surface area contributed by atoms with Crippen molar-refractivity contribution in [2.24, 2.45) is 0 Å². The fraction of sp³-hybridized carbons (Fsp3) is 0.350. The van der Waals surface area contributed by atoms with Crippen LogP contribution in [0.15, 0.2) is 42.5 Å². The number of hydrogen-bond donors (Lipinski definition) is 1. The van der Waals surface area contributed by atoms with E-state index in [-0.39, 0.29) is 11.9 Å². The largest absolute Gasteiger partial charge is 0.493 e. The van der Waals surface area contributed by atoms with E-state index in [2.05, 4.69) is 5.32 Å². The molecule has 0 aliphatic rings. The Morgan fingerprint density at radius 3 is 2.64 bits per heavy atom. The first-order valence-corrected chi connectivity index (χ1v) is 8.86. The van der Waals surface area contributed by atoms with Gasteiger partial charge in [0.2, 0.25) is 0 Å². The number of hydrogen-bond acceptors (Lipinski definition) is 3. The lowest BCUT2D eigenvalue weighted by Gasteiger charge is -2.15. The third-order valence-corrected chi connectivity index (χ3v) is 4.04. The van der Waals surface area contributed by atoms with E-state index in [0.717, 1.165) is 12.0 Å². The molecule has 0 bridgehead atoms. The lowest BCUT2D eigenvalue weighted by atomic mass is 10.1. The summed E-state index contributed by atoms with van der Waals surface area (Å²) in [6.07, 6.45) is 0.882. The Bertz CT molecular complexity index is 718. The van der Waals surface area contributed by atoms with E-state index >= 15 is 0 Å². The van der Waals surface area contributed by atoms with Crippen LogP contribution in [-0.2, 0) is 6.61 Å². The van der Waals surface area contributed by atoms with Gasteiger partial charge in [-0.15, -0.1) is 0 Å². The van der Waals surface area contributed by atoms with Gasteiger partial charge in [-0.3, -0.25) is 4.79 Å². The van der Waals surface area contributed by atoms with E-state index in [9.17, 15) is 4.79 Å². The quantitative estimate of drug-likeness (QED) is 0.731. The number of carbonyl (C=O) groups excluding carboxylic acids is 1. The normalized spacial score (nSPS) is 11.7. The summed E-state index contributed by atoms with van der Waals surface area (Å²) < 4.78 is 11.4. The van der Waals surface area contributed by atoms with E-state index in [4.69, 9.17) is 21.1 Å². The molecule has 0 heterocycles. The van der Waals surface area contributed by atoms with Crippen molar-refractivity contribution in [1.29, 1.82) is 0 Å². The smallest absolute Gasteiger partial charge is 0.251 e. The summed E-state index contributed by atoms with van der Waals surface area (Å²) in [7, 11) is 0. The highest BCUT2D eigenvalue weighted by Crippen LogP contribution is 2.24. The van der Waals surface area contributed by atoms with Gasteiger partial charge >= 0.3 is 0 Å². The Hall–Kier alpha value is -2.20. The third kappa shape index (κ3) is 5.68. The number of rotatable bonds is 8. The molecule has 2 rings (SSSR count). The van der Waals surface area contributed by atoms with Crippen molar-refractivity contribution in [1.82, 2.24) is 5.32 Å². The molecule has 134 valence electrons. The monoisotopic (exact) mass is 361 g/mol. The van der Waals surface area contributed by atoms with Gasteiger partial charge in [-0.1, -0.05) is 24.6 Å². The maximum atomic E-state index is 12.3. The fourth-order valence-electron chi connectivity index (χ4n) is 2.26. The van der Waals surface area contributed by atoms with Crippen LogP contribution in [0.5, 0.6) is 11.5 Å². The zero-order valence-corrected chi connectivity index (χ0v) is 15.6. The summed E-state index contributed by atoms with van der Waals surface area (Å²) in [4.78, 5) is 12.3. The number of halogens is 1. The molecule has 0 saturated heterocycles. The fourth-order valence-corrected chi connectivity index (χ4v) is 2.44. The van der Waals surface area contributed by atoms with Crippen LogP contribution in [0.1, 0.15) is 43.1 Å². The summed E-state index contributed by atoms with van der Waals surface area (Å²) in [6, 6.07) is 12.7. The van der Waals surface area contributed by atoms with Gasteiger partial charge in [-0.25, -0.2) is 0 Å². The van der Waals surface area contributed by atoms with Crippen molar-refractivity contribution in [3.8, 4) is 11.5 Å². The van der Waals surface area contributed by atoms with Crippen LogP contribution >= 0.6 is 11.6 Å². The van der Waals surface area contributed by atoms with Crippen molar-refractivity contribution in [3.63, 3.8) is 0 Å². The van der Waals surface area contributed by atoms with Crippen LogP contribution in [0, 0.1) is 0 Å². The van der Waals surface area contributed by atoms with Crippen LogP contribution in [-0.4, -0.2) is 18.6 Å². The summed E-state index contributed by atoms with van der Waals surface area (Å²) >= 11 is 5.98. The molecule has 0 saturated carbocycles. The summed E-state index contributed by atoms with van der Waals surface area (Å²) in [5, 5.41) is 3.58. The van der Waals surface area contributed by atoms with Crippen molar-refractivity contribution in [2.45, 2.75) is 39.8 Å². The Labute approximate surface area is 154 Å². The summed E-state index contributed by atoms with van der Waals surface area (Å²) in [5.41, 5.74) is 1.41. The predicted octanol–water partition coefficient (Wildman–Crippen LogP) is 4.85. The summed E-state index contributed by atoms with van der Waals surface area (Å²) in [6.45, 7) is 6.77. The first-order chi connectivity index (χ1) is 12.0. The first kappa shape index (κ1) is 19.1. The highest BCUT2D eigenvalue weighted by atomic mass is 35.5. The molecule has 25 heavy (non-hydrogen) atoms. The Kier molecular flexibility index (Phi) is 7.14. The minimum Gasteiger partial charge on any atom is -0.493 e. The highest BCUT2D eigenvalue weighted by molar-refractivity contribution is 6.30. The molecule has 1 atom stereocenters. The second kappa shape index (κ2) is 9.33. The van der Waals surface area contributed by atoms with E-state index in [1.807, 2.05) is 45.0 Å². The minimum absolute atomic E-state index is 0.0959. The van der Waals surface area contributed by atoms with E-state index in [1.54, 1.807) is 18.2 Å². The maximum absolute atomic E-state index is 12.3. The van der Waals surface area contributed by atoms with Crippen LogP contribution in [0.25, 0.3) is 0 Å². The Balaban J connectivity index is 2.18. The molecule has 2 aromatic rings. The minimum atomic E-state index is -0.0959. The molecular formula is C20H24ClNO3. The van der Waals surface area contributed by atoms with E-state index in [1.165, 1.54) is 0 Å². The van der Waals surface area contributed by atoms with Crippen LogP contribution in [0.2, 0.25) is 5.02 Å². The number of carbonyl (C=O) groups is 1. The van der Waals surface area contributed by atoms with Gasteiger partial charge in [-0.2, -0.15) is 0 Å².